The molecule has 8 nitrogen and oxygen atoms in total. The Morgan fingerprint density at radius 2 is 1.50 bits per heavy atom. The molecule has 0 aliphatic rings. The lowest BCUT2D eigenvalue weighted by molar-refractivity contribution is -0.139. The lowest BCUT2D eigenvalue weighted by Gasteiger charge is -2.12. The molecule has 9 heteroatoms. The number of thioether (sulfide) groups is 1. The van der Waals surface area contributed by atoms with Gasteiger partial charge in [-0.15, -0.1) is 11.8 Å². The summed E-state index contributed by atoms with van der Waals surface area (Å²) in [5.74, 6) is -2.37. The van der Waals surface area contributed by atoms with E-state index >= 15 is 0 Å². The first kappa shape index (κ1) is 21.5. The zero-order valence-electron chi connectivity index (χ0n) is 15.2. The molecular formula is C17H24N4O4S. The normalized spacial score (nSPS) is 10.4. The fourth-order valence-electron chi connectivity index (χ4n) is 1.85. The Labute approximate surface area is 156 Å². The van der Waals surface area contributed by atoms with E-state index in [0.29, 0.717) is 10.5 Å². The van der Waals surface area contributed by atoms with E-state index in [4.69, 9.17) is 0 Å². The molecule has 0 aliphatic heterocycles. The molecule has 0 aromatic heterocycles. The number of carbonyl (C=O) groups excluding carboxylic acids is 4. The van der Waals surface area contributed by atoms with Gasteiger partial charge in [0, 0.05) is 17.0 Å². The first-order valence-corrected chi connectivity index (χ1v) is 9.11. The standard InChI is InChI=1S/C17H24N4O4S/c1-10(2)18-14(22)9-26-13-8-6-5-7-12(13)15(23)20-21-17(25)16(24)19-11(3)4/h5-8,10-11H,9H2,1-4H3,(H,18,22)(H,19,24)(H,20,23)(H,21,25). The molecule has 1 rings (SSSR count). The minimum absolute atomic E-state index is 0.0360. The molecule has 142 valence electrons. The molecule has 0 heterocycles. The van der Waals surface area contributed by atoms with E-state index in [1.807, 2.05) is 13.8 Å². The van der Waals surface area contributed by atoms with Gasteiger partial charge in [0.05, 0.1) is 11.3 Å². The van der Waals surface area contributed by atoms with Crippen LogP contribution in [-0.2, 0) is 14.4 Å². The van der Waals surface area contributed by atoms with Crippen molar-refractivity contribution in [3.8, 4) is 0 Å². The fourth-order valence-corrected chi connectivity index (χ4v) is 2.71. The molecule has 0 atom stereocenters. The molecule has 1 aromatic rings. The average molecular weight is 380 g/mol. The summed E-state index contributed by atoms with van der Waals surface area (Å²) in [6.45, 7) is 7.16. The molecule has 0 saturated carbocycles. The molecule has 1 aromatic carbocycles. The van der Waals surface area contributed by atoms with E-state index in [0.717, 1.165) is 0 Å². The Bertz CT molecular complexity index is 676. The minimum atomic E-state index is -0.964. The van der Waals surface area contributed by atoms with Gasteiger partial charge in [-0.2, -0.15) is 0 Å². The second-order valence-corrected chi connectivity index (χ2v) is 7.06. The van der Waals surface area contributed by atoms with Crippen LogP contribution in [0.5, 0.6) is 0 Å². The van der Waals surface area contributed by atoms with Crippen LogP contribution in [0, 0.1) is 0 Å². The van der Waals surface area contributed by atoms with Crippen molar-refractivity contribution in [2.75, 3.05) is 5.75 Å². The second-order valence-electron chi connectivity index (χ2n) is 6.04. The van der Waals surface area contributed by atoms with Crippen molar-refractivity contribution in [2.24, 2.45) is 0 Å². The number of amides is 4. The third kappa shape index (κ3) is 7.56. The van der Waals surface area contributed by atoms with E-state index in [1.54, 1.807) is 38.1 Å². The third-order valence-electron chi connectivity index (χ3n) is 2.86. The highest BCUT2D eigenvalue weighted by Gasteiger charge is 2.17. The van der Waals surface area contributed by atoms with Crippen LogP contribution in [0.4, 0.5) is 0 Å². The first-order valence-electron chi connectivity index (χ1n) is 8.13. The summed E-state index contributed by atoms with van der Waals surface area (Å²) in [6, 6.07) is 6.52. The summed E-state index contributed by atoms with van der Waals surface area (Å²) in [4.78, 5) is 47.7. The van der Waals surface area contributed by atoms with Gasteiger partial charge in [0.1, 0.15) is 0 Å². The summed E-state index contributed by atoms with van der Waals surface area (Å²) in [7, 11) is 0. The Balaban J connectivity index is 2.65. The largest absolute Gasteiger partial charge is 0.353 e. The second kappa shape index (κ2) is 10.4. The maximum atomic E-state index is 12.3. The molecular weight excluding hydrogens is 356 g/mol. The van der Waals surface area contributed by atoms with Crippen LogP contribution < -0.4 is 21.5 Å². The highest BCUT2D eigenvalue weighted by molar-refractivity contribution is 8.00. The van der Waals surface area contributed by atoms with Crippen LogP contribution in [0.25, 0.3) is 0 Å². The number of hydrogen-bond acceptors (Lipinski definition) is 5. The Hall–Kier alpha value is -2.55. The number of hydrazine groups is 1. The van der Waals surface area contributed by atoms with Crippen LogP contribution in [0.3, 0.4) is 0 Å². The Morgan fingerprint density at radius 1 is 0.885 bits per heavy atom. The summed E-state index contributed by atoms with van der Waals surface area (Å²) >= 11 is 1.21. The zero-order chi connectivity index (χ0) is 19.7. The van der Waals surface area contributed by atoms with Crippen LogP contribution in [0.1, 0.15) is 38.1 Å². The van der Waals surface area contributed by atoms with Crippen molar-refractivity contribution in [1.29, 1.82) is 0 Å². The predicted molar refractivity (Wildman–Crippen MR) is 99.3 cm³/mol. The van der Waals surface area contributed by atoms with Gasteiger partial charge in [-0.05, 0) is 39.8 Å². The van der Waals surface area contributed by atoms with Gasteiger partial charge in [-0.25, -0.2) is 0 Å². The number of rotatable bonds is 6. The van der Waals surface area contributed by atoms with Gasteiger partial charge in [0.15, 0.2) is 0 Å². The molecule has 0 aliphatic carbocycles. The van der Waals surface area contributed by atoms with Crippen LogP contribution in [0.2, 0.25) is 0 Å². The Kier molecular flexibility index (Phi) is 8.63. The van der Waals surface area contributed by atoms with E-state index < -0.39 is 17.7 Å². The molecule has 4 amide bonds. The van der Waals surface area contributed by atoms with Crippen molar-refractivity contribution in [1.82, 2.24) is 21.5 Å². The summed E-state index contributed by atoms with van der Waals surface area (Å²) in [5.41, 5.74) is 4.56. The van der Waals surface area contributed by atoms with E-state index in [-0.39, 0.29) is 23.7 Å². The molecule has 0 fully saturated rings. The predicted octanol–water partition coefficient (Wildman–Crippen LogP) is 0.589. The van der Waals surface area contributed by atoms with Gasteiger partial charge < -0.3 is 10.6 Å². The van der Waals surface area contributed by atoms with Gasteiger partial charge in [0.2, 0.25) is 5.91 Å². The van der Waals surface area contributed by atoms with Gasteiger partial charge in [-0.3, -0.25) is 30.0 Å². The first-order chi connectivity index (χ1) is 12.2. The monoisotopic (exact) mass is 380 g/mol. The van der Waals surface area contributed by atoms with Crippen LogP contribution in [0.15, 0.2) is 29.2 Å². The van der Waals surface area contributed by atoms with Crippen molar-refractivity contribution < 1.29 is 19.2 Å². The molecule has 0 bridgehead atoms. The fraction of sp³-hybridized carbons (Fsp3) is 0.412. The SMILES string of the molecule is CC(C)NC(=O)CSc1ccccc1C(=O)NNC(=O)C(=O)NC(C)C. The lowest BCUT2D eigenvalue weighted by atomic mass is 10.2. The lowest BCUT2D eigenvalue weighted by Crippen LogP contribution is -2.49. The maximum absolute atomic E-state index is 12.3. The number of nitrogens with one attached hydrogen (secondary N) is 4. The maximum Gasteiger partial charge on any atom is 0.327 e. The van der Waals surface area contributed by atoms with Gasteiger partial charge in [-0.1, -0.05) is 12.1 Å². The van der Waals surface area contributed by atoms with E-state index in [1.165, 1.54) is 11.8 Å². The number of hydrogen-bond donors (Lipinski definition) is 4. The molecule has 0 spiro atoms. The highest BCUT2D eigenvalue weighted by Crippen LogP contribution is 2.22. The molecule has 0 unspecified atom stereocenters. The van der Waals surface area contributed by atoms with E-state index in [9.17, 15) is 19.2 Å². The summed E-state index contributed by atoms with van der Waals surface area (Å²) < 4.78 is 0. The summed E-state index contributed by atoms with van der Waals surface area (Å²) in [6.07, 6.45) is 0. The van der Waals surface area contributed by atoms with Crippen molar-refractivity contribution in [3.05, 3.63) is 29.8 Å². The number of benzene rings is 1. The van der Waals surface area contributed by atoms with Gasteiger partial charge in [0.25, 0.3) is 5.91 Å². The molecule has 0 radical (unpaired) electrons. The quantitative estimate of drug-likeness (QED) is 0.327. The minimum Gasteiger partial charge on any atom is -0.353 e. The zero-order valence-corrected chi connectivity index (χ0v) is 16.0. The van der Waals surface area contributed by atoms with Gasteiger partial charge >= 0.3 is 11.8 Å². The Morgan fingerprint density at radius 3 is 2.12 bits per heavy atom. The molecule has 4 N–H and O–H groups in total. The van der Waals surface area contributed by atoms with Crippen molar-refractivity contribution in [2.45, 2.75) is 44.7 Å². The topological polar surface area (TPSA) is 116 Å². The van der Waals surface area contributed by atoms with Crippen LogP contribution >= 0.6 is 11.8 Å². The average Bonchev–Trinajstić information content (AvgIpc) is 2.56. The summed E-state index contributed by atoms with van der Waals surface area (Å²) in [5, 5.41) is 5.18. The van der Waals surface area contributed by atoms with Crippen molar-refractivity contribution in [3.63, 3.8) is 0 Å². The number of carbonyl (C=O) groups is 4. The van der Waals surface area contributed by atoms with Crippen LogP contribution in [-0.4, -0.2) is 41.5 Å². The highest BCUT2D eigenvalue weighted by atomic mass is 32.2. The smallest absolute Gasteiger partial charge is 0.327 e. The van der Waals surface area contributed by atoms with E-state index in [2.05, 4.69) is 21.5 Å². The molecule has 26 heavy (non-hydrogen) atoms. The third-order valence-corrected chi connectivity index (χ3v) is 3.93. The molecule has 0 saturated heterocycles. The van der Waals surface area contributed by atoms with Crippen molar-refractivity contribution >= 4 is 35.4 Å².